The summed E-state index contributed by atoms with van der Waals surface area (Å²) in [7, 11) is 0. The molecular formula is C31H30ClN5O4S. The van der Waals surface area contributed by atoms with Crippen LogP contribution in [0.5, 0.6) is 11.5 Å². The van der Waals surface area contributed by atoms with Gasteiger partial charge in [0.05, 0.1) is 27.4 Å². The highest BCUT2D eigenvalue weighted by atomic mass is 35.5. The molecule has 2 aliphatic heterocycles. The minimum absolute atomic E-state index is 0.164. The van der Waals surface area contributed by atoms with Gasteiger partial charge in [0.25, 0.3) is 0 Å². The first-order valence-corrected chi connectivity index (χ1v) is 15.0. The summed E-state index contributed by atoms with van der Waals surface area (Å²) in [5.41, 5.74) is 3.76. The van der Waals surface area contributed by atoms with Gasteiger partial charge in [0.1, 0.15) is 12.4 Å². The van der Waals surface area contributed by atoms with E-state index in [1.807, 2.05) is 48.5 Å². The Balaban J connectivity index is 1.49. The molecule has 0 aliphatic carbocycles. The average molecular weight is 604 g/mol. The van der Waals surface area contributed by atoms with Crippen molar-refractivity contribution < 1.29 is 19.1 Å². The normalized spacial score (nSPS) is 16.2. The zero-order chi connectivity index (χ0) is 29.4. The van der Waals surface area contributed by atoms with Crippen LogP contribution in [0, 0.1) is 0 Å². The van der Waals surface area contributed by atoms with Crippen LogP contribution in [0.1, 0.15) is 48.4 Å². The van der Waals surface area contributed by atoms with Crippen molar-refractivity contribution >= 4 is 41.0 Å². The lowest BCUT2D eigenvalue weighted by Gasteiger charge is -2.24. The lowest BCUT2D eigenvalue weighted by atomic mass is 9.87. The van der Waals surface area contributed by atoms with E-state index in [-0.39, 0.29) is 36.2 Å². The number of aromatic nitrogens is 3. The average Bonchev–Trinajstić information content (AvgIpc) is 3.58. The van der Waals surface area contributed by atoms with Crippen molar-refractivity contribution in [2.75, 3.05) is 24.0 Å². The number of nitrogens with zero attached hydrogens (tertiary/aromatic N) is 4. The summed E-state index contributed by atoms with van der Waals surface area (Å²) in [5, 5.41) is 8.25. The van der Waals surface area contributed by atoms with E-state index in [4.69, 9.17) is 26.2 Å². The number of fused-ring (bicyclic) bond motifs is 2. The summed E-state index contributed by atoms with van der Waals surface area (Å²) in [5.74, 6) is 1.55. The lowest BCUT2D eigenvalue weighted by molar-refractivity contribution is -0.123. The Morgan fingerprint density at radius 1 is 1.10 bits per heavy atom. The fraction of sp³-hybridized carbons (Fsp3) is 0.290. The van der Waals surface area contributed by atoms with Gasteiger partial charge in [-0.05, 0) is 47.5 Å². The Hall–Kier alpha value is -4.02. The van der Waals surface area contributed by atoms with Crippen LogP contribution in [0.4, 0.5) is 5.82 Å². The second-order valence-corrected chi connectivity index (χ2v) is 12.6. The number of anilines is 1. The number of benzene rings is 2. The van der Waals surface area contributed by atoms with E-state index >= 15 is 0 Å². The van der Waals surface area contributed by atoms with Crippen molar-refractivity contribution in [2.45, 2.75) is 38.0 Å². The number of rotatable bonds is 6. The quantitative estimate of drug-likeness (QED) is 0.314. The fourth-order valence-electron chi connectivity index (χ4n) is 5.10. The maximum Gasteiger partial charge on any atom is 0.240 e. The van der Waals surface area contributed by atoms with E-state index in [9.17, 15) is 9.59 Å². The van der Waals surface area contributed by atoms with Crippen LogP contribution in [0.2, 0.25) is 5.02 Å². The highest BCUT2D eigenvalue weighted by molar-refractivity contribution is 8.00. The molecule has 0 spiro atoms. The van der Waals surface area contributed by atoms with Crippen LogP contribution < -0.4 is 19.7 Å². The van der Waals surface area contributed by atoms with Crippen LogP contribution in [-0.2, 0) is 21.5 Å². The van der Waals surface area contributed by atoms with Crippen LogP contribution in [0.3, 0.4) is 0 Å². The third kappa shape index (κ3) is 5.44. The number of carbonyl (C=O) groups excluding carboxylic acids is 2. The number of ether oxygens (including phenoxy) is 2. The van der Waals surface area contributed by atoms with E-state index in [1.54, 1.807) is 28.0 Å². The topological polar surface area (TPSA) is 98.6 Å². The molecule has 2 aromatic carbocycles. The molecule has 0 unspecified atom stereocenters. The van der Waals surface area contributed by atoms with Gasteiger partial charge in [-0.2, -0.15) is 5.10 Å². The molecule has 11 heteroatoms. The van der Waals surface area contributed by atoms with Gasteiger partial charge in [-0.25, -0.2) is 4.68 Å². The molecule has 1 N–H and O–H groups in total. The van der Waals surface area contributed by atoms with Gasteiger partial charge in [0.15, 0.2) is 11.5 Å². The summed E-state index contributed by atoms with van der Waals surface area (Å²) >= 11 is 8.21. The van der Waals surface area contributed by atoms with Gasteiger partial charge >= 0.3 is 0 Å². The number of thioether (sulfide) groups is 1. The van der Waals surface area contributed by atoms with Crippen molar-refractivity contribution in [3.05, 3.63) is 94.4 Å². The summed E-state index contributed by atoms with van der Waals surface area (Å²) in [6.45, 7) is 6.58. The Morgan fingerprint density at radius 3 is 2.62 bits per heavy atom. The van der Waals surface area contributed by atoms with E-state index in [1.165, 1.54) is 11.8 Å². The molecule has 2 amide bonds. The molecule has 0 bridgehead atoms. The molecule has 0 fully saturated rings. The van der Waals surface area contributed by atoms with Crippen molar-refractivity contribution in [1.82, 2.24) is 20.1 Å². The molecule has 0 radical (unpaired) electrons. The molecule has 0 saturated carbocycles. The highest BCUT2D eigenvalue weighted by Crippen LogP contribution is 2.50. The molecule has 216 valence electrons. The first-order valence-electron chi connectivity index (χ1n) is 13.6. The molecule has 0 saturated heterocycles. The van der Waals surface area contributed by atoms with Gasteiger partial charge in [0, 0.05) is 29.9 Å². The molecule has 1 atom stereocenters. The van der Waals surface area contributed by atoms with E-state index in [0.29, 0.717) is 34.6 Å². The smallest absolute Gasteiger partial charge is 0.240 e. The summed E-state index contributed by atoms with van der Waals surface area (Å²) in [4.78, 5) is 32.8. The molecule has 2 aromatic heterocycles. The maximum atomic E-state index is 13.9. The van der Waals surface area contributed by atoms with Gasteiger partial charge in [-0.3, -0.25) is 19.5 Å². The SMILES string of the molecule is CC(C)(C)c1nn(-c2ccccc2Cl)c2c1[C@@H](c1ccc3c(c1)OCO3)SCC(=O)N2CC(=O)NCc1ccncc1. The zero-order valence-electron chi connectivity index (χ0n) is 23.5. The molecule has 42 heavy (non-hydrogen) atoms. The molecule has 4 aromatic rings. The predicted octanol–water partition coefficient (Wildman–Crippen LogP) is 5.43. The summed E-state index contributed by atoms with van der Waals surface area (Å²) < 4.78 is 13.0. The summed E-state index contributed by atoms with van der Waals surface area (Å²) in [6.07, 6.45) is 3.35. The maximum absolute atomic E-state index is 13.9. The number of halogens is 1. The van der Waals surface area contributed by atoms with Gasteiger partial charge in [0.2, 0.25) is 18.6 Å². The summed E-state index contributed by atoms with van der Waals surface area (Å²) in [6, 6.07) is 16.9. The Morgan fingerprint density at radius 2 is 1.86 bits per heavy atom. The van der Waals surface area contributed by atoms with E-state index in [0.717, 1.165) is 22.4 Å². The fourth-order valence-corrected chi connectivity index (χ4v) is 6.51. The molecule has 4 heterocycles. The number of hydrogen-bond donors (Lipinski definition) is 1. The third-order valence-electron chi connectivity index (χ3n) is 7.12. The zero-order valence-corrected chi connectivity index (χ0v) is 25.0. The monoisotopic (exact) mass is 603 g/mol. The minimum atomic E-state index is -0.394. The minimum Gasteiger partial charge on any atom is -0.454 e. The van der Waals surface area contributed by atoms with Crippen LogP contribution in [0.25, 0.3) is 5.69 Å². The van der Waals surface area contributed by atoms with Crippen LogP contribution in [-0.4, -0.2) is 45.7 Å². The van der Waals surface area contributed by atoms with Crippen molar-refractivity contribution in [3.63, 3.8) is 0 Å². The van der Waals surface area contributed by atoms with Gasteiger partial charge in [-0.15, -0.1) is 11.8 Å². The number of carbonyl (C=O) groups is 2. The highest BCUT2D eigenvalue weighted by Gasteiger charge is 2.40. The standard InChI is InChI=1S/C31H30ClN5O4S/c1-31(2,3)29-27-28(20-8-9-23-24(14-20)41-18-40-23)42-17-26(39)36(16-25(38)34-15-19-10-12-33-13-11-19)30(27)37(35-29)22-7-5-4-6-21(22)32/h4-14,28H,15-18H2,1-3H3,(H,34,38)/t28-/m1/s1. The third-order valence-corrected chi connectivity index (χ3v) is 8.69. The number of nitrogens with one attached hydrogen (secondary N) is 1. The number of pyridine rings is 1. The molecule has 9 nitrogen and oxygen atoms in total. The Kier molecular flexibility index (Phi) is 7.59. The number of para-hydroxylation sites is 1. The second kappa shape index (κ2) is 11.3. The second-order valence-electron chi connectivity index (χ2n) is 11.1. The van der Waals surface area contributed by atoms with Gasteiger partial charge in [-0.1, -0.05) is 50.6 Å². The molecule has 6 rings (SSSR count). The van der Waals surface area contributed by atoms with Crippen molar-refractivity contribution in [2.24, 2.45) is 0 Å². The van der Waals surface area contributed by atoms with Crippen molar-refractivity contribution in [1.29, 1.82) is 0 Å². The first kappa shape index (κ1) is 28.1. The lowest BCUT2D eigenvalue weighted by Crippen LogP contribution is -2.42. The first-order chi connectivity index (χ1) is 20.2. The molecule has 2 aliphatic rings. The van der Waals surface area contributed by atoms with E-state index < -0.39 is 5.41 Å². The largest absolute Gasteiger partial charge is 0.454 e. The van der Waals surface area contributed by atoms with Crippen LogP contribution >= 0.6 is 23.4 Å². The van der Waals surface area contributed by atoms with Crippen LogP contribution in [0.15, 0.2) is 67.0 Å². The Bertz CT molecular complexity index is 1650. The molecular weight excluding hydrogens is 574 g/mol. The number of hydrogen-bond acceptors (Lipinski definition) is 7. The van der Waals surface area contributed by atoms with Crippen molar-refractivity contribution in [3.8, 4) is 17.2 Å². The Labute approximate surface area is 253 Å². The van der Waals surface area contributed by atoms with E-state index in [2.05, 4.69) is 31.1 Å². The van der Waals surface area contributed by atoms with Gasteiger partial charge < -0.3 is 14.8 Å². The predicted molar refractivity (Wildman–Crippen MR) is 163 cm³/mol. The number of amides is 2.